The van der Waals surface area contributed by atoms with E-state index in [-0.39, 0.29) is 10.8 Å². The largest absolute Gasteiger partial charge is 0.336 e. The lowest BCUT2D eigenvalue weighted by Gasteiger charge is -2.22. The number of hydrogen-bond donors (Lipinski definition) is 0. The minimum Gasteiger partial charge on any atom is -0.336 e. The quantitative estimate of drug-likeness (QED) is 0.806. The van der Waals surface area contributed by atoms with Crippen LogP contribution in [0.25, 0.3) is 0 Å². The maximum atomic E-state index is 13.0. The zero-order chi connectivity index (χ0) is 17.5. The molecule has 0 radical (unpaired) electrons. The monoisotopic (exact) mass is 371 g/mol. The third-order valence-corrected chi connectivity index (χ3v) is 7.56. The summed E-state index contributed by atoms with van der Waals surface area (Å²) < 4.78 is 26.0. The van der Waals surface area contributed by atoms with Crippen molar-refractivity contribution in [3.63, 3.8) is 0 Å². The third-order valence-electron chi connectivity index (χ3n) is 4.67. The molecule has 0 spiro atoms. The van der Waals surface area contributed by atoms with Gasteiger partial charge in [-0.1, -0.05) is 6.92 Å². The maximum Gasteiger partial charge on any atom is 0.265 e. The van der Waals surface area contributed by atoms with Crippen LogP contribution in [0.4, 0.5) is 0 Å². The van der Waals surface area contributed by atoms with Crippen LogP contribution in [0, 0.1) is 5.92 Å². The number of amides is 1. The highest BCUT2D eigenvalue weighted by Gasteiger charge is 2.34. The molecule has 2 aliphatic rings. The number of sulfonamides is 1. The Morgan fingerprint density at radius 3 is 2.58 bits per heavy atom. The second-order valence-corrected chi connectivity index (χ2v) is 10.0. The molecule has 3 rings (SSSR count). The van der Waals surface area contributed by atoms with Crippen molar-refractivity contribution < 1.29 is 13.2 Å². The number of carbonyl (C=O) groups is 1. The number of hydrogen-bond acceptors (Lipinski definition) is 5. The summed E-state index contributed by atoms with van der Waals surface area (Å²) in [6.07, 6.45) is 2.52. The molecule has 0 aromatic carbocycles. The van der Waals surface area contributed by atoms with E-state index in [0.717, 1.165) is 17.4 Å². The van der Waals surface area contributed by atoms with E-state index in [2.05, 4.69) is 11.8 Å². The molecule has 0 bridgehead atoms. The van der Waals surface area contributed by atoms with Crippen molar-refractivity contribution in [3.05, 3.63) is 16.3 Å². The van der Waals surface area contributed by atoms with Crippen LogP contribution in [0.2, 0.25) is 0 Å². The van der Waals surface area contributed by atoms with Crippen molar-refractivity contribution >= 4 is 27.3 Å². The van der Waals surface area contributed by atoms with Crippen molar-refractivity contribution in [1.82, 2.24) is 14.1 Å². The van der Waals surface area contributed by atoms with Gasteiger partial charge in [-0.05, 0) is 30.2 Å². The van der Waals surface area contributed by atoms with Gasteiger partial charge >= 0.3 is 0 Å². The van der Waals surface area contributed by atoms with Crippen LogP contribution in [0.1, 0.15) is 29.4 Å². The molecule has 1 aromatic heterocycles. The number of rotatable bonds is 4. The summed E-state index contributed by atoms with van der Waals surface area (Å²) in [6.45, 7) is 5.40. The zero-order valence-corrected chi connectivity index (χ0v) is 16.1. The molecule has 1 saturated heterocycles. The molecule has 1 aliphatic heterocycles. The van der Waals surface area contributed by atoms with E-state index in [1.807, 2.05) is 4.90 Å². The molecule has 1 saturated carbocycles. The summed E-state index contributed by atoms with van der Waals surface area (Å²) in [7, 11) is -0.621. The number of carbonyl (C=O) groups excluding carboxylic acids is 1. The first-order chi connectivity index (χ1) is 11.3. The fourth-order valence-electron chi connectivity index (χ4n) is 3.22. The molecule has 1 unspecified atom stereocenters. The molecular weight excluding hydrogens is 346 g/mol. The van der Waals surface area contributed by atoms with Crippen molar-refractivity contribution in [2.24, 2.45) is 5.92 Å². The molecule has 1 aliphatic carbocycles. The predicted octanol–water partition coefficient (Wildman–Crippen LogP) is 1.55. The predicted molar refractivity (Wildman–Crippen MR) is 94.9 cm³/mol. The maximum absolute atomic E-state index is 13.0. The van der Waals surface area contributed by atoms with Crippen molar-refractivity contribution in [1.29, 1.82) is 0 Å². The molecule has 8 heteroatoms. The fraction of sp³-hybridized carbons (Fsp3) is 0.688. The Morgan fingerprint density at radius 1 is 1.25 bits per heavy atom. The molecule has 1 amide bonds. The van der Waals surface area contributed by atoms with E-state index in [1.165, 1.54) is 44.3 Å². The van der Waals surface area contributed by atoms with Crippen molar-refractivity contribution in [2.75, 3.05) is 40.3 Å². The molecule has 2 heterocycles. The van der Waals surface area contributed by atoms with Crippen LogP contribution in [0.3, 0.4) is 0 Å². The molecule has 0 N–H and O–H groups in total. The highest BCUT2D eigenvalue weighted by atomic mass is 32.2. The average molecular weight is 372 g/mol. The first kappa shape index (κ1) is 17.8. The summed E-state index contributed by atoms with van der Waals surface area (Å²) >= 11 is 1.21. The minimum absolute atomic E-state index is 0.124. The Bertz CT molecular complexity index is 710. The first-order valence-electron chi connectivity index (χ1n) is 8.34. The van der Waals surface area contributed by atoms with Gasteiger partial charge in [0.1, 0.15) is 9.77 Å². The Hall–Kier alpha value is -0.960. The average Bonchev–Trinajstić information content (AvgIpc) is 3.27. The van der Waals surface area contributed by atoms with Gasteiger partial charge in [0.25, 0.3) is 5.91 Å². The lowest BCUT2D eigenvalue weighted by Crippen LogP contribution is -2.36. The van der Waals surface area contributed by atoms with Crippen LogP contribution in [0.15, 0.2) is 16.3 Å². The Balaban J connectivity index is 1.81. The molecule has 1 atom stereocenters. The summed E-state index contributed by atoms with van der Waals surface area (Å²) in [5, 5.41) is 1.68. The topological polar surface area (TPSA) is 60.9 Å². The zero-order valence-electron chi connectivity index (χ0n) is 14.4. The van der Waals surface area contributed by atoms with E-state index in [9.17, 15) is 13.2 Å². The Morgan fingerprint density at radius 2 is 1.96 bits per heavy atom. The fourth-order valence-corrected chi connectivity index (χ4v) is 5.47. The Labute approximate surface area is 148 Å². The third kappa shape index (κ3) is 3.51. The van der Waals surface area contributed by atoms with Crippen molar-refractivity contribution in [2.45, 2.75) is 30.7 Å². The van der Waals surface area contributed by atoms with Crippen LogP contribution in [-0.2, 0) is 10.0 Å². The van der Waals surface area contributed by atoms with E-state index in [0.29, 0.717) is 29.9 Å². The highest BCUT2D eigenvalue weighted by molar-refractivity contribution is 7.89. The van der Waals surface area contributed by atoms with Gasteiger partial charge in [-0.15, -0.1) is 11.3 Å². The minimum atomic E-state index is -3.60. The summed E-state index contributed by atoms with van der Waals surface area (Å²) in [5.74, 6) is 0.237. The summed E-state index contributed by atoms with van der Waals surface area (Å²) in [4.78, 5) is 17.7. The van der Waals surface area contributed by atoms with E-state index >= 15 is 0 Å². The Kier molecular flexibility index (Phi) is 5.01. The lowest BCUT2D eigenvalue weighted by atomic mass is 10.1. The van der Waals surface area contributed by atoms with E-state index in [4.69, 9.17) is 0 Å². The van der Waals surface area contributed by atoms with Gasteiger partial charge in [-0.25, -0.2) is 12.7 Å². The molecule has 6 nitrogen and oxygen atoms in total. The van der Waals surface area contributed by atoms with Gasteiger partial charge in [-0.2, -0.15) is 0 Å². The van der Waals surface area contributed by atoms with Gasteiger partial charge in [0, 0.05) is 46.3 Å². The second kappa shape index (κ2) is 6.74. The molecule has 1 aromatic rings. The number of thiophene rings is 1. The molecular formula is C16H25N3O3S2. The number of nitrogens with zero attached hydrogens (tertiary/aromatic N) is 3. The van der Waals surface area contributed by atoms with Gasteiger partial charge < -0.3 is 4.90 Å². The smallest absolute Gasteiger partial charge is 0.265 e. The summed E-state index contributed by atoms with van der Waals surface area (Å²) in [5.41, 5.74) is 0. The first-order valence-corrected chi connectivity index (χ1v) is 10.7. The van der Waals surface area contributed by atoms with Crippen LogP contribution in [-0.4, -0.2) is 74.7 Å². The van der Waals surface area contributed by atoms with Crippen LogP contribution in [0.5, 0.6) is 0 Å². The summed E-state index contributed by atoms with van der Waals surface area (Å²) in [6, 6.07) is 2.22. The van der Waals surface area contributed by atoms with E-state index < -0.39 is 10.0 Å². The second-order valence-electron chi connectivity index (χ2n) is 6.98. The van der Waals surface area contributed by atoms with E-state index in [1.54, 1.807) is 5.38 Å². The van der Waals surface area contributed by atoms with Gasteiger partial charge in [0.2, 0.25) is 10.0 Å². The van der Waals surface area contributed by atoms with Crippen LogP contribution < -0.4 is 0 Å². The van der Waals surface area contributed by atoms with Crippen molar-refractivity contribution in [3.8, 4) is 0 Å². The standard InChI is InChI=1S/C16H25N3O3S2/c1-12-10-18(13-4-5-13)7-8-19(11-12)16(20)15-14(6-9-23-15)24(21,22)17(2)3/h6,9,12-13H,4-5,7-8,10-11H2,1-3H3. The van der Waals surface area contributed by atoms with Gasteiger partial charge in [-0.3, -0.25) is 9.69 Å². The van der Waals surface area contributed by atoms with Crippen LogP contribution >= 0.6 is 11.3 Å². The SMILES string of the molecule is CC1CN(C(=O)c2sccc2S(=O)(=O)N(C)C)CCN(C2CC2)C1. The van der Waals surface area contributed by atoms with Gasteiger partial charge in [0.15, 0.2) is 0 Å². The molecule has 2 fully saturated rings. The lowest BCUT2D eigenvalue weighted by molar-refractivity contribution is 0.0750. The van der Waals surface area contributed by atoms with Gasteiger partial charge in [0.05, 0.1) is 0 Å². The normalized spacial score (nSPS) is 23.5. The molecule has 134 valence electrons. The highest BCUT2D eigenvalue weighted by Crippen LogP contribution is 2.30. The molecule has 24 heavy (non-hydrogen) atoms.